The summed E-state index contributed by atoms with van der Waals surface area (Å²) in [6.07, 6.45) is 3.97. The number of urea groups is 1. The van der Waals surface area contributed by atoms with Crippen LogP contribution in [0.4, 0.5) is 10.5 Å². The van der Waals surface area contributed by atoms with E-state index in [-0.39, 0.29) is 17.9 Å². The minimum Gasteiger partial charge on any atom is -0.371 e. The summed E-state index contributed by atoms with van der Waals surface area (Å²) in [5.41, 5.74) is 1.91. The van der Waals surface area contributed by atoms with Crippen LogP contribution in [0.5, 0.6) is 0 Å². The summed E-state index contributed by atoms with van der Waals surface area (Å²) >= 11 is 0. The van der Waals surface area contributed by atoms with Crippen molar-refractivity contribution >= 4 is 17.6 Å². The fraction of sp³-hybridized carbons (Fsp3) is 0.381. The van der Waals surface area contributed by atoms with Crippen LogP contribution in [-0.4, -0.2) is 32.7 Å². The monoisotopic (exact) mass is 382 g/mol. The van der Waals surface area contributed by atoms with Gasteiger partial charge in [-0.25, -0.2) is 4.79 Å². The molecule has 1 atom stereocenters. The highest BCUT2D eigenvalue weighted by molar-refractivity contribution is 5.95. The second-order valence-corrected chi connectivity index (χ2v) is 7.83. The Morgan fingerprint density at radius 3 is 2.50 bits per heavy atom. The second kappa shape index (κ2) is 7.98. The number of nitrogens with zero attached hydrogens (tertiary/aromatic N) is 2. The van der Waals surface area contributed by atoms with Crippen molar-refractivity contribution in [2.24, 2.45) is 5.92 Å². The zero-order chi connectivity index (χ0) is 20.3. The third-order valence-electron chi connectivity index (χ3n) is 4.60. The molecule has 2 aromatic rings. The predicted octanol–water partition coefficient (Wildman–Crippen LogP) is 3.11. The lowest BCUT2D eigenvalue weighted by Gasteiger charge is -2.26. The van der Waals surface area contributed by atoms with Gasteiger partial charge >= 0.3 is 6.03 Å². The Hall–Kier alpha value is -2.93. The molecule has 148 valence electrons. The molecule has 0 radical (unpaired) electrons. The van der Waals surface area contributed by atoms with E-state index < -0.39 is 5.72 Å². The molecule has 1 aromatic carbocycles. The molecule has 7 nitrogen and oxygen atoms in total. The first-order valence-corrected chi connectivity index (χ1v) is 9.36. The third-order valence-corrected chi connectivity index (χ3v) is 4.60. The summed E-state index contributed by atoms with van der Waals surface area (Å²) in [5, 5.41) is 15.8. The molecular formula is C21H26N4O3. The van der Waals surface area contributed by atoms with Crippen LogP contribution in [0.1, 0.15) is 48.7 Å². The van der Waals surface area contributed by atoms with Gasteiger partial charge in [-0.2, -0.15) is 0 Å². The van der Waals surface area contributed by atoms with Crippen molar-refractivity contribution in [3.8, 4) is 0 Å². The standard InChI is InChI=1S/C21H26N4O3/c1-14(2)10-21(3,28)24-19(26)15-4-6-18(7-5-15)23-20(27)25-12-16-8-9-22-11-17(16)13-25/h4-9,11,14,28H,10,12-13H2,1-3H3,(H,23,27)(H,24,26)/t21-/m0/s1. The molecule has 3 amide bonds. The summed E-state index contributed by atoms with van der Waals surface area (Å²) in [5.74, 6) is -0.105. The summed E-state index contributed by atoms with van der Waals surface area (Å²) in [6.45, 7) is 6.62. The van der Waals surface area contributed by atoms with E-state index in [1.165, 1.54) is 0 Å². The first kappa shape index (κ1) is 19.8. The minimum atomic E-state index is -1.27. The minimum absolute atomic E-state index is 0.201. The molecular weight excluding hydrogens is 356 g/mol. The molecule has 3 N–H and O–H groups in total. The van der Waals surface area contributed by atoms with E-state index in [0.29, 0.717) is 30.8 Å². The van der Waals surface area contributed by atoms with Crippen LogP contribution in [-0.2, 0) is 13.1 Å². The van der Waals surface area contributed by atoms with E-state index >= 15 is 0 Å². The summed E-state index contributed by atoms with van der Waals surface area (Å²) < 4.78 is 0. The number of pyridine rings is 1. The van der Waals surface area contributed by atoms with Gasteiger partial charge in [-0.15, -0.1) is 0 Å². The molecule has 1 aliphatic heterocycles. The highest BCUT2D eigenvalue weighted by atomic mass is 16.3. The normalized spacial score (nSPS) is 15.1. The number of hydrogen-bond acceptors (Lipinski definition) is 4. The van der Waals surface area contributed by atoms with Gasteiger partial charge in [-0.3, -0.25) is 9.78 Å². The Morgan fingerprint density at radius 1 is 1.18 bits per heavy atom. The van der Waals surface area contributed by atoms with E-state index in [2.05, 4.69) is 15.6 Å². The Morgan fingerprint density at radius 2 is 1.86 bits per heavy atom. The second-order valence-electron chi connectivity index (χ2n) is 7.83. The molecule has 0 unspecified atom stereocenters. The Balaban J connectivity index is 1.57. The number of benzene rings is 1. The van der Waals surface area contributed by atoms with Gasteiger partial charge < -0.3 is 20.6 Å². The Kier molecular flexibility index (Phi) is 5.65. The fourth-order valence-corrected chi connectivity index (χ4v) is 3.43. The van der Waals surface area contributed by atoms with Gasteiger partial charge in [0.05, 0.1) is 0 Å². The number of anilines is 1. The number of aliphatic hydroxyl groups is 1. The molecule has 0 aliphatic carbocycles. The van der Waals surface area contributed by atoms with E-state index in [0.717, 1.165) is 11.1 Å². The number of carbonyl (C=O) groups excluding carboxylic acids is 2. The van der Waals surface area contributed by atoms with Crippen molar-refractivity contribution in [1.82, 2.24) is 15.2 Å². The van der Waals surface area contributed by atoms with Crippen LogP contribution in [0, 0.1) is 5.92 Å². The van der Waals surface area contributed by atoms with Crippen LogP contribution < -0.4 is 10.6 Å². The first-order chi connectivity index (χ1) is 13.2. The third kappa shape index (κ3) is 4.86. The van der Waals surface area contributed by atoms with Crippen molar-refractivity contribution < 1.29 is 14.7 Å². The largest absolute Gasteiger partial charge is 0.371 e. The van der Waals surface area contributed by atoms with E-state index in [4.69, 9.17) is 0 Å². The maximum Gasteiger partial charge on any atom is 0.322 e. The molecule has 1 aromatic heterocycles. The van der Waals surface area contributed by atoms with Gasteiger partial charge in [0.25, 0.3) is 5.91 Å². The number of hydrogen-bond donors (Lipinski definition) is 3. The van der Waals surface area contributed by atoms with Crippen molar-refractivity contribution in [2.45, 2.75) is 46.0 Å². The quantitative estimate of drug-likeness (QED) is 0.693. The summed E-state index contributed by atoms with van der Waals surface area (Å²) in [6, 6.07) is 8.32. The zero-order valence-electron chi connectivity index (χ0n) is 16.4. The van der Waals surface area contributed by atoms with E-state index in [1.54, 1.807) is 48.5 Å². The summed E-state index contributed by atoms with van der Waals surface area (Å²) in [4.78, 5) is 30.6. The molecule has 0 saturated carbocycles. The molecule has 0 bridgehead atoms. The number of carbonyl (C=O) groups is 2. The molecule has 2 heterocycles. The van der Waals surface area contributed by atoms with Crippen LogP contribution in [0.25, 0.3) is 0 Å². The first-order valence-electron chi connectivity index (χ1n) is 9.36. The SMILES string of the molecule is CC(C)C[C@](C)(O)NC(=O)c1ccc(NC(=O)N2Cc3ccncc3C2)cc1. The molecule has 1 aliphatic rings. The van der Waals surface area contributed by atoms with Crippen LogP contribution in [0.3, 0.4) is 0 Å². The van der Waals surface area contributed by atoms with Gasteiger partial charge in [0.1, 0.15) is 5.72 Å². The van der Waals surface area contributed by atoms with Gasteiger partial charge in [-0.1, -0.05) is 13.8 Å². The molecule has 28 heavy (non-hydrogen) atoms. The van der Waals surface area contributed by atoms with Crippen molar-refractivity contribution in [2.75, 3.05) is 5.32 Å². The fourth-order valence-electron chi connectivity index (χ4n) is 3.43. The van der Waals surface area contributed by atoms with Gasteiger partial charge in [0, 0.05) is 36.7 Å². The van der Waals surface area contributed by atoms with Crippen molar-refractivity contribution in [3.63, 3.8) is 0 Å². The maximum atomic E-state index is 12.5. The average molecular weight is 382 g/mol. The highest BCUT2D eigenvalue weighted by Crippen LogP contribution is 2.22. The molecule has 0 spiro atoms. The number of fused-ring (bicyclic) bond motifs is 1. The highest BCUT2D eigenvalue weighted by Gasteiger charge is 2.25. The number of rotatable bonds is 5. The topological polar surface area (TPSA) is 94.6 Å². The summed E-state index contributed by atoms with van der Waals surface area (Å²) in [7, 11) is 0. The van der Waals surface area contributed by atoms with E-state index in [9.17, 15) is 14.7 Å². The van der Waals surface area contributed by atoms with Gasteiger partial charge in [0.15, 0.2) is 0 Å². The predicted molar refractivity (Wildman–Crippen MR) is 106 cm³/mol. The molecule has 3 rings (SSSR count). The van der Waals surface area contributed by atoms with Crippen molar-refractivity contribution in [3.05, 3.63) is 59.4 Å². The lowest BCUT2D eigenvalue weighted by atomic mass is 10.0. The maximum absolute atomic E-state index is 12.5. The van der Waals surface area contributed by atoms with Crippen LogP contribution >= 0.6 is 0 Å². The Bertz CT molecular complexity index is 837. The van der Waals surface area contributed by atoms with Crippen molar-refractivity contribution in [1.29, 1.82) is 0 Å². The van der Waals surface area contributed by atoms with Crippen LogP contribution in [0.2, 0.25) is 0 Å². The molecule has 0 saturated heterocycles. The number of aromatic nitrogens is 1. The molecule has 7 heteroatoms. The smallest absolute Gasteiger partial charge is 0.322 e. The number of amides is 3. The van der Waals surface area contributed by atoms with Gasteiger partial charge in [-0.05, 0) is 60.7 Å². The number of nitrogens with one attached hydrogen (secondary N) is 2. The van der Waals surface area contributed by atoms with E-state index in [1.807, 2.05) is 19.9 Å². The zero-order valence-corrected chi connectivity index (χ0v) is 16.4. The van der Waals surface area contributed by atoms with Crippen LogP contribution in [0.15, 0.2) is 42.7 Å². The lowest BCUT2D eigenvalue weighted by Crippen LogP contribution is -2.46. The Labute approximate surface area is 164 Å². The lowest BCUT2D eigenvalue weighted by molar-refractivity contribution is 0.00701. The average Bonchev–Trinajstić information content (AvgIpc) is 3.05. The molecule has 0 fully saturated rings. The van der Waals surface area contributed by atoms with Gasteiger partial charge in [0.2, 0.25) is 0 Å².